The first kappa shape index (κ1) is 14.3. The maximum atomic E-state index is 5.90. The number of rotatable bonds is 7. The predicted octanol–water partition coefficient (Wildman–Crippen LogP) is 3.31. The summed E-state index contributed by atoms with van der Waals surface area (Å²) in [7, 11) is 0. The van der Waals surface area contributed by atoms with E-state index in [1.165, 1.54) is 32.1 Å². The molecular weight excluding hydrogens is 220 g/mol. The van der Waals surface area contributed by atoms with Crippen LogP contribution in [-0.2, 0) is 9.47 Å². The molecule has 96 valence electrons. The Bertz CT molecular complexity index is 179. The first-order chi connectivity index (χ1) is 7.72. The van der Waals surface area contributed by atoms with E-state index in [4.69, 9.17) is 9.47 Å². The second-order valence-corrected chi connectivity index (χ2v) is 5.32. The molecule has 0 saturated heterocycles. The van der Waals surface area contributed by atoms with Gasteiger partial charge in [-0.1, -0.05) is 19.3 Å². The summed E-state index contributed by atoms with van der Waals surface area (Å²) in [6.45, 7) is 6.43. The minimum atomic E-state index is 0.207. The van der Waals surface area contributed by atoms with Gasteiger partial charge in [-0.2, -0.15) is 12.6 Å². The van der Waals surface area contributed by atoms with Crippen molar-refractivity contribution in [2.75, 3.05) is 25.6 Å². The fourth-order valence-corrected chi connectivity index (χ4v) is 2.71. The van der Waals surface area contributed by atoms with E-state index in [9.17, 15) is 0 Å². The molecule has 0 N–H and O–H groups in total. The molecule has 1 unspecified atom stereocenters. The van der Waals surface area contributed by atoms with E-state index in [1.807, 2.05) is 6.92 Å². The van der Waals surface area contributed by atoms with Gasteiger partial charge in [0.2, 0.25) is 0 Å². The lowest BCUT2D eigenvalue weighted by Gasteiger charge is -2.36. The molecule has 0 spiro atoms. The standard InChI is InChI=1S/C13H26O2S/c1-3-14-9-12(2)15-10-13(11-16)7-5-4-6-8-13/h12,16H,3-11H2,1-2H3. The highest BCUT2D eigenvalue weighted by atomic mass is 32.1. The Balaban J connectivity index is 2.27. The fraction of sp³-hybridized carbons (Fsp3) is 1.00. The Kier molecular flexibility index (Phi) is 6.78. The highest BCUT2D eigenvalue weighted by Gasteiger charge is 2.31. The Morgan fingerprint density at radius 1 is 1.25 bits per heavy atom. The van der Waals surface area contributed by atoms with Crippen LogP contribution in [0.1, 0.15) is 46.0 Å². The molecule has 0 aromatic heterocycles. The van der Waals surface area contributed by atoms with E-state index in [0.29, 0.717) is 12.0 Å². The average molecular weight is 246 g/mol. The minimum absolute atomic E-state index is 0.207. The molecule has 2 nitrogen and oxygen atoms in total. The van der Waals surface area contributed by atoms with Gasteiger partial charge in [0, 0.05) is 12.0 Å². The van der Waals surface area contributed by atoms with Crippen LogP contribution < -0.4 is 0 Å². The summed E-state index contributed by atoms with van der Waals surface area (Å²) in [5.74, 6) is 0.953. The molecule has 1 saturated carbocycles. The van der Waals surface area contributed by atoms with Gasteiger partial charge in [-0.05, 0) is 32.4 Å². The molecule has 1 rings (SSSR count). The van der Waals surface area contributed by atoms with Gasteiger partial charge in [0.25, 0.3) is 0 Å². The normalized spacial score (nSPS) is 21.9. The van der Waals surface area contributed by atoms with Gasteiger partial charge in [-0.25, -0.2) is 0 Å². The Morgan fingerprint density at radius 2 is 1.94 bits per heavy atom. The van der Waals surface area contributed by atoms with Crippen molar-refractivity contribution in [2.45, 2.75) is 52.1 Å². The SMILES string of the molecule is CCOCC(C)OCC1(CS)CCCCC1. The van der Waals surface area contributed by atoms with Crippen molar-refractivity contribution in [1.82, 2.24) is 0 Å². The third kappa shape index (κ3) is 4.64. The lowest BCUT2D eigenvalue weighted by Crippen LogP contribution is -2.34. The van der Waals surface area contributed by atoms with Gasteiger partial charge in [-0.3, -0.25) is 0 Å². The predicted molar refractivity (Wildman–Crippen MR) is 71.3 cm³/mol. The third-order valence-electron chi connectivity index (χ3n) is 3.48. The zero-order valence-electron chi connectivity index (χ0n) is 10.7. The number of hydrogen-bond acceptors (Lipinski definition) is 3. The largest absolute Gasteiger partial charge is 0.379 e. The van der Waals surface area contributed by atoms with Crippen LogP contribution in [0, 0.1) is 5.41 Å². The summed E-state index contributed by atoms with van der Waals surface area (Å²) >= 11 is 4.51. The van der Waals surface area contributed by atoms with Crippen LogP contribution >= 0.6 is 12.6 Å². The van der Waals surface area contributed by atoms with Crippen molar-refractivity contribution in [3.8, 4) is 0 Å². The summed E-state index contributed by atoms with van der Waals surface area (Å²) in [5, 5.41) is 0. The second kappa shape index (κ2) is 7.57. The smallest absolute Gasteiger partial charge is 0.0780 e. The monoisotopic (exact) mass is 246 g/mol. The summed E-state index contributed by atoms with van der Waals surface area (Å²) in [4.78, 5) is 0. The maximum Gasteiger partial charge on any atom is 0.0780 e. The van der Waals surface area contributed by atoms with E-state index < -0.39 is 0 Å². The quantitative estimate of drug-likeness (QED) is 0.695. The van der Waals surface area contributed by atoms with Gasteiger partial charge in [0.15, 0.2) is 0 Å². The molecule has 0 aromatic rings. The van der Waals surface area contributed by atoms with Gasteiger partial charge >= 0.3 is 0 Å². The number of thiol groups is 1. The molecule has 3 heteroatoms. The first-order valence-electron chi connectivity index (χ1n) is 6.52. The molecule has 1 aliphatic rings. The lowest BCUT2D eigenvalue weighted by atomic mass is 9.76. The van der Waals surface area contributed by atoms with Gasteiger partial charge in [0.05, 0.1) is 19.3 Å². The second-order valence-electron chi connectivity index (χ2n) is 5.00. The van der Waals surface area contributed by atoms with E-state index in [1.54, 1.807) is 0 Å². The molecule has 1 fully saturated rings. The van der Waals surface area contributed by atoms with Gasteiger partial charge < -0.3 is 9.47 Å². The number of ether oxygens (including phenoxy) is 2. The van der Waals surface area contributed by atoms with Crippen molar-refractivity contribution < 1.29 is 9.47 Å². The van der Waals surface area contributed by atoms with E-state index in [0.717, 1.165) is 19.0 Å². The highest BCUT2D eigenvalue weighted by Crippen LogP contribution is 2.37. The van der Waals surface area contributed by atoms with Crippen LogP contribution in [0.3, 0.4) is 0 Å². The van der Waals surface area contributed by atoms with Crippen LogP contribution in [0.2, 0.25) is 0 Å². The molecule has 0 aromatic carbocycles. The summed E-state index contributed by atoms with van der Waals surface area (Å²) < 4.78 is 11.3. The van der Waals surface area contributed by atoms with E-state index in [2.05, 4.69) is 19.6 Å². The minimum Gasteiger partial charge on any atom is -0.379 e. The van der Waals surface area contributed by atoms with Crippen LogP contribution in [0.5, 0.6) is 0 Å². The zero-order valence-corrected chi connectivity index (χ0v) is 11.6. The van der Waals surface area contributed by atoms with Crippen molar-refractivity contribution >= 4 is 12.6 Å². The Labute approximate surface area is 105 Å². The van der Waals surface area contributed by atoms with Crippen LogP contribution in [0.25, 0.3) is 0 Å². The molecule has 16 heavy (non-hydrogen) atoms. The summed E-state index contributed by atoms with van der Waals surface area (Å²) in [6, 6.07) is 0. The van der Waals surface area contributed by atoms with Crippen molar-refractivity contribution in [1.29, 1.82) is 0 Å². The fourth-order valence-electron chi connectivity index (χ4n) is 2.30. The maximum absolute atomic E-state index is 5.90. The number of hydrogen-bond donors (Lipinski definition) is 1. The Morgan fingerprint density at radius 3 is 2.50 bits per heavy atom. The molecule has 0 radical (unpaired) electrons. The molecule has 0 heterocycles. The molecule has 0 aliphatic heterocycles. The van der Waals surface area contributed by atoms with Crippen molar-refractivity contribution in [2.24, 2.45) is 5.41 Å². The van der Waals surface area contributed by atoms with Crippen LogP contribution in [0.15, 0.2) is 0 Å². The van der Waals surface area contributed by atoms with E-state index >= 15 is 0 Å². The molecule has 0 bridgehead atoms. The highest BCUT2D eigenvalue weighted by molar-refractivity contribution is 7.80. The average Bonchev–Trinajstić information content (AvgIpc) is 2.35. The third-order valence-corrected chi connectivity index (χ3v) is 4.15. The Hall–Kier alpha value is 0.270. The molecular formula is C13H26O2S. The van der Waals surface area contributed by atoms with Gasteiger partial charge in [-0.15, -0.1) is 0 Å². The molecule has 1 aliphatic carbocycles. The van der Waals surface area contributed by atoms with Gasteiger partial charge in [0.1, 0.15) is 0 Å². The topological polar surface area (TPSA) is 18.5 Å². The first-order valence-corrected chi connectivity index (χ1v) is 7.16. The lowest BCUT2D eigenvalue weighted by molar-refractivity contribution is -0.0442. The summed E-state index contributed by atoms with van der Waals surface area (Å²) in [5.41, 5.74) is 0.335. The van der Waals surface area contributed by atoms with Crippen LogP contribution in [0.4, 0.5) is 0 Å². The summed E-state index contributed by atoms with van der Waals surface area (Å²) in [6.07, 6.45) is 6.81. The zero-order chi connectivity index (χ0) is 11.9. The van der Waals surface area contributed by atoms with Crippen molar-refractivity contribution in [3.05, 3.63) is 0 Å². The van der Waals surface area contributed by atoms with Crippen molar-refractivity contribution in [3.63, 3.8) is 0 Å². The molecule has 1 atom stereocenters. The van der Waals surface area contributed by atoms with Crippen LogP contribution in [-0.4, -0.2) is 31.7 Å². The molecule has 0 amide bonds. The van der Waals surface area contributed by atoms with E-state index in [-0.39, 0.29) is 6.10 Å².